The smallest absolute Gasteiger partial charge is 0.122 e. The van der Waals surface area contributed by atoms with Gasteiger partial charge in [-0.1, -0.05) is 29.8 Å². The van der Waals surface area contributed by atoms with Gasteiger partial charge in [0.1, 0.15) is 5.75 Å². The van der Waals surface area contributed by atoms with E-state index in [0.717, 1.165) is 42.1 Å². The summed E-state index contributed by atoms with van der Waals surface area (Å²) in [6.45, 7) is 10.9. The summed E-state index contributed by atoms with van der Waals surface area (Å²) >= 11 is 3.47. The van der Waals surface area contributed by atoms with Gasteiger partial charge in [-0.2, -0.15) is 0 Å². The SMILES string of the molecule is Cc1cc(Br)ccc1OC(C)CCCNCC(C)C. The standard InChI is InChI=1S/C16H26BrNO/c1-12(2)11-18-9-5-6-14(4)19-16-8-7-15(17)10-13(16)3/h7-8,10,12,14,18H,5-6,9,11H2,1-4H3. The zero-order chi connectivity index (χ0) is 14.3. The monoisotopic (exact) mass is 327 g/mol. The average molecular weight is 328 g/mol. The normalized spacial score (nSPS) is 12.7. The van der Waals surface area contributed by atoms with Gasteiger partial charge in [-0.15, -0.1) is 0 Å². The van der Waals surface area contributed by atoms with E-state index in [9.17, 15) is 0 Å². The molecule has 0 saturated carbocycles. The highest BCUT2D eigenvalue weighted by Gasteiger charge is 2.06. The maximum Gasteiger partial charge on any atom is 0.122 e. The Balaban J connectivity index is 2.25. The minimum atomic E-state index is 0.265. The van der Waals surface area contributed by atoms with Crippen LogP contribution in [0.2, 0.25) is 0 Å². The van der Waals surface area contributed by atoms with E-state index in [1.54, 1.807) is 0 Å². The number of ether oxygens (including phenoxy) is 1. The first kappa shape index (κ1) is 16.5. The lowest BCUT2D eigenvalue weighted by molar-refractivity contribution is 0.206. The third-order valence-corrected chi connectivity index (χ3v) is 3.48. The molecule has 0 aromatic heterocycles. The van der Waals surface area contributed by atoms with Gasteiger partial charge >= 0.3 is 0 Å². The Bertz CT molecular complexity index is 379. The van der Waals surface area contributed by atoms with Crippen molar-refractivity contribution in [3.63, 3.8) is 0 Å². The predicted molar refractivity (Wildman–Crippen MR) is 85.9 cm³/mol. The Morgan fingerprint density at radius 3 is 2.63 bits per heavy atom. The van der Waals surface area contributed by atoms with Gasteiger partial charge in [-0.05, 0) is 69.5 Å². The Morgan fingerprint density at radius 2 is 2.00 bits per heavy atom. The minimum Gasteiger partial charge on any atom is -0.490 e. The third-order valence-electron chi connectivity index (χ3n) is 2.98. The molecule has 1 aromatic rings. The molecule has 0 fully saturated rings. The molecule has 108 valence electrons. The fraction of sp³-hybridized carbons (Fsp3) is 0.625. The number of aryl methyl sites for hydroxylation is 1. The van der Waals surface area contributed by atoms with Gasteiger partial charge in [0, 0.05) is 4.47 Å². The summed E-state index contributed by atoms with van der Waals surface area (Å²) in [6.07, 6.45) is 2.50. The summed E-state index contributed by atoms with van der Waals surface area (Å²) in [5.74, 6) is 1.71. The number of hydrogen-bond donors (Lipinski definition) is 1. The fourth-order valence-electron chi connectivity index (χ4n) is 1.93. The van der Waals surface area contributed by atoms with E-state index in [1.807, 2.05) is 12.1 Å². The zero-order valence-corrected chi connectivity index (χ0v) is 14.1. The van der Waals surface area contributed by atoms with Crippen LogP contribution in [0.4, 0.5) is 0 Å². The number of halogens is 1. The van der Waals surface area contributed by atoms with E-state index in [4.69, 9.17) is 4.74 Å². The third kappa shape index (κ3) is 6.98. The Morgan fingerprint density at radius 1 is 1.26 bits per heavy atom. The van der Waals surface area contributed by atoms with Gasteiger partial charge < -0.3 is 10.1 Å². The van der Waals surface area contributed by atoms with E-state index < -0.39 is 0 Å². The molecule has 1 unspecified atom stereocenters. The lowest BCUT2D eigenvalue weighted by Crippen LogP contribution is -2.22. The van der Waals surface area contributed by atoms with Gasteiger partial charge in [0.2, 0.25) is 0 Å². The summed E-state index contributed by atoms with van der Waals surface area (Å²) in [4.78, 5) is 0. The van der Waals surface area contributed by atoms with Crippen molar-refractivity contribution in [1.82, 2.24) is 5.32 Å². The van der Waals surface area contributed by atoms with Crippen LogP contribution in [0.15, 0.2) is 22.7 Å². The van der Waals surface area contributed by atoms with E-state index in [0.29, 0.717) is 0 Å². The minimum absolute atomic E-state index is 0.265. The fourth-order valence-corrected chi connectivity index (χ4v) is 2.40. The van der Waals surface area contributed by atoms with Crippen LogP contribution in [-0.2, 0) is 0 Å². The first-order valence-electron chi connectivity index (χ1n) is 7.12. The Labute approximate surface area is 126 Å². The molecule has 0 aliphatic carbocycles. The van der Waals surface area contributed by atoms with Crippen LogP contribution in [-0.4, -0.2) is 19.2 Å². The molecule has 0 aliphatic rings. The van der Waals surface area contributed by atoms with Crippen LogP contribution < -0.4 is 10.1 Å². The lowest BCUT2D eigenvalue weighted by Gasteiger charge is -2.17. The van der Waals surface area contributed by atoms with Crippen molar-refractivity contribution in [2.45, 2.75) is 46.6 Å². The van der Waals surface area contributed by atoms with Crippen LogP contribution in [0.25, 0.3) is 0 Å². The second-order valence-electron chi connectivity index (χ2n) is 5.58. The van der Waals surface area contributed by atoms with E-state index in [-0.39, 0.29) is 6.10 Å². The van der Waals surface area contributed by atoms with Gasteiger partial charge in [0.25, 0.3) is 0 Å². The molecule has 1 atom stereocenters. The maximum atomic E-state index is 5.98. The van der Waals surface area contributed by atoms with E-state index in [1.165, 1.54) is 5.56 Å². The second-order valence-corrected chi connectivity index (χ2v) is 6.49. The van der Waals surface area contributed by atoms with Crippen LogP contribution in [0.5, 0.6) is 5.75 Å². The highest BCUT2D eigenvalue weighted by molar-refractivity contribution is 9.10. The van der Waals surface area contributed by atoms with Crippen LogP contribution in [0.1, 0.15) is 39.2 Å². The quantitative estimate of drug-likeness (QED) is 0.707. The van der Waals surface area contributed by atoms with Crippen LogP contribution in [0, 0.1) is 12.8 Å². The Hall–Kier alpha value is -0.540. The topological polar surface area (TPSA) is 21.3 Å². The van der Waals surface area contributed by atoms with Gasteiger partial charge in [0.15, 0.2) is 0 Å². The van der Waals surface area contributed by atoms with Crippen LogP contribution in [0.3, 0.4) is 0 Å². The van der Waals surface area contributed by atoms with Crippen molar-refractivity contribution in [2.24, 2.45) is 5.92 Å². The number of rotatable bonds is 8. The van der Waals surface area contributed by atoms with Crippen LogP contribution >= 0.6 is 15.9 Å². The van der Waals surface area contributed by atoms with Crippen molar-refractivity contribution in [1.29, 1.82) is 0 Å². The van der Waals surface area contributed by atoms with Gasteiger partial charge in [-0.3, -0.25) is 0 Å². The number of nitrogens with one attached hydrogen (secondary N) is 1. The average Bonchev–Trinajstić information content (AvgIpc) is 2.32. The molecule has 1 aromatic carbocycles. The predicted octanol–water partition coefficient (Wildman–Crippen LogP) is 4.55. The van der Waals surface area contributed by atoms with Gasteiger partial charge in [-0.25, -0.2) is 0 Å². The molecule has 0 spiro atoms. The first-order valence-corrected chi connectivity index (χ1v) is 7.92. The molecular weight excluding hydrogens is 302 g/mol. The first-order chi connectivity index (χ1) is 8.99. The zero-order valence-electron chi connectivity index (χ0n) is 12.5. The maximum absolute atomic E-state index is 5.98. The van der Waals surface area contributed by atoms with Crippen molar-refractivity contribution >= 4 is 15.9 Å². The summed E-state index contributed by atoms with van der Waals surface area (Å²) in [5, 5.41) is 3.46. The Kier molecular flexibility index (Phi) is 7.47. The molecule has 1 rings (SSSR count). The van der Waals surface area contributed by atoms with E-state index >= 15 is 0 Å². The molecule has 3 heteroatoms. The number of hydrogen-bond acceptors (Lipinski definition) is 2. The largest absolute Gasteiger partial charge is 0.490 e. The van der Waals surface area contributed by atoms with Crippen molar-refractivity contribution < 1.29 is 4.74 Å². The number of benzene rings is 1. The summed E-state index contributed by atoms with van der Waals surface area (Å²) < 4.78 is 7.08. The summed E-state index contributed by atoms with van der Waals surface area (Å²) in [7, 11) is 0. The molecule has 1 N–H and O–H groups in total. The summed E-state index contributed by atoms with van der Waals surface area (Å²) in [6, 6.07) is 6.15. The molecule has 0 aliphatic heterocycles. The molecule has 0 radical (unpaired) electrons. The lowest BCUT2D eigenvalue weighted by atomic mass is 10.2. The summed E-state index contributed by atoms with van der Waals surface area (Å²) in [5.41, 5.74) is 1.18. The molecule has 0 saturated heterocycles. The second kappa shape index (κ2) is 8.60. The molecular formula is C16H26BrNO. The molecule has 19 heavy (non-hydrogen) atoms. The highest BCUT2D eigenvalue weighted by Crippen LogP contribution is 2.23. The molecule has 2 nitrogen and oxygen atoms in total. The molecule has 0 bridgehead atoms. The highest BCUT2D eigenvalue weighted by atomic mass is 79.9. The molecule has 0 heterocycles. The van der Waals surface area contributed by atoms with Gasteiger partial charge in [0.05, 0.1) is 6.10 Å². The molecule has 0 amide bonds. The van der Waals surface area contributed by atoms with Crippen molar-refractivity contribution in [2.75, 3.05) is 13.1 Å². The van der Waals surface area contributed by atoms with Crippen molar-refractivity contribution in [3.8, 4) is 5.75 Å². The van der Waals surface area contributed by atoms with Crippen molar-refractivity contribution in [3.05, 3.63) is 28.2 Å². The van der Waals surface area contributed by atoms with E-state index in [2.05, 4.69) is 55.0 Å².